The number of H-pyrrole nitrogens is 1. The zero-order valence-corrected chi connectivity index (χ0v) is 8.38. The third-order valence-corrected chi connectivity index (χ3v) is 2.65. The standard InChI is InChI=1S/C9H11ClN2O2/c10-7-5-8(13)12(9(14)11-7)4-3-6-1-2-6/h5-6H,1-4H2,(H,11,14). The van der Waals surface area contributed by atoms with Crippen LogP contribution >= 0.6 is 11.6 Å². The van der Waals surface area contributed by atoms with Crippen molar-refractivity contribution in [1.82, 2.24) is 9.55 Å². The molecule has 4 nitrogen and oxygen atoms in total. The van der Waals surface area contributed by atoms with E-state index in [1.807, 2.05) is 0 Å². The third kappa shape index (κ3) is 2.07. The molecule has 1 aliphatic carbocycles. The van der Waals surface area contributed by atoms with Gasteiger partial charge in [0, 0.05) is 12.6 Å². The zero-order chi connectivity index (χ0) is 10.1. The van der Waals surface area contributed by atoms with E-state index >= 15 is 0 Å². The number of hydrogen-bond donors (Lipinski definition) is 1. The molecule has 1 aromatic rings. The van der Waals surface area contributed by atoms with Crippen LogP contribution < -0.4 is 11.2 Å². The maximum Gasteiger partial charge on any atom is 0.329 e. The van der Waals surface area contributed by atoms with E-state index in [0.29, 0.717) is 12.5 Å². The lowest BCUT2D eigenvalue weighted by Crippen LogP contribution is -2.34. The number of aromatic nitrogens is 2. The predicted octanol–water partition coefficient (Wildman–Crippen LogP) is 0.990. The van der Waals surface area contributed by atoms with Crippen molar-refractivity contribution in [3.8, 4) is 0 Å². The lowest BCUT2D eigenvalue weighted by Gasteiger charge is -2.02. The van der Waals surface area contributed by atoms with Gasteiger partial charge < -0.3 is 0 Å². The Morgan fingerprint density at radius 3 is 2.79 bits per heavy atom. The quantitative estimate of drug-likeness (QED) is 0.763. The van der Waals surface area contributed by atoms with E-state index < -0.39 is 5.69 Å². The first-order valence-corrected chi connectivity index (χ1v) is 5.04. The van der Waals surface area contributed by atoms with Crippen LogP contribution in [0.2, 0.25) is 5.15 Å². The topological polar surface area (TPSA) is 54.9 Å². The minimum atomic E-state index is -0.414. The second-order valence-corrected chi connectivity index (χ2v) is 4.05. The molecule has 2 rings (SSSR count). The average molecular weight is 215 g/mol. The third-order valence-electron chi connectivity index (χ3n) is 2.45. The highest BCUT2D eigenvalue weighted by molar-refractivity contribution is 6.29. The van der Waals surface area contributed by atoms with E-state index in [-0.39, 0.29) is 10.7 Å². The van der Waals surface area contributed by atoms with Crippen molar-refractivity contribution in [2.45, 2.75) is 25.8 Å². The lowest BCUT2D eigenvalue weighted by atomic mass is 10.3. The van der Waals surface area contributed by atoms with Gasteiger partial charge in [0.2, 0.25) is 0 Å². The molecule has 0 aliphatic heterocycles. The minimum absolute atomic E-state index is 0.0997. The van der Waals surface area contributed by atoms with E-state index in [1.54, 1.807) is 0 Å². The largest absolute Gasteiger partial charge is 0.329 e. The Morgan fingerprint density at radius 2 is 2.21 bits per heavy atom. The van der Waals surface area contributed by atoms with Crippen LogP contribution in [0.5, 0.6) is 0 Å². The fraction of sp³-hybridized carbons (Fsp3) is 0.556. The van der Waals surface area contributed by atoms with Crippen molar-refractivity contribution in [3.05, 3.63) is 32.1 Å². The molecule has 0 unspecified atom stereocenters. The smallest absolute Gasteiger partial charge is 0.298 e. The second-order valence-electron chi connectivity index (χ2n) is 3.64. The van der Waals surface area contributed by atoms with Crippen LogP contribution in [0.1, 0.15) is 19.3 Å². The lowest BCUT2D eigenvalue weighted by molar-refractivity contribution is 0.557. The van der Waals surface area contributed by atoms with Gasteiger partial charge in [-0.15, -0.1) is 0 Å². The van der Waals surface area contributed by atoms with E-state index in [4.69, 9.17) is 11.6 Å². The highest BCUT2D eigenvalue weighted by Crippen LogP contribution is 2.32. The molecule has 1 N–H and O–H groups in total. The molecule has 0 radical (unpaired) electrons. The molecule has 1 heterocycles. The van der Waals surface area contributed by atoms with Crippen LogP contribution in [0.4, 0.5) is 0 Å². The van der Waals surface area contributed by atoms with Crippen LogP contribution in [0, 0.1) is 5.92 Å². The minimum Gasteiger partial charge on any atom is -0.298 e. The van der Waals surface area contributed by atoms with Crippen LogP contribution in [0.3, 0.4) is 0 Å². The second kappa shape index (κ2) is 3.61. The van der Waals surface area contributed by atoms with E-state index in [1.165, 1.54) is 23.5 Å². The van der Waals surface area contributed by atoms with Crippen molar-refractivity contribution in [2.24, 2.45) is 5.92 Å². The van der Waals surface area contributed by atoms with Gasteiger partial charge in [0.1, 0.15) is 5.15 Å². The first kappa shape index (κ1) is 9.52. The summed E-state index contributed by atoms with van der Waals surface area (Å²) in [6, 6.07) is 1.23. The van der Waals surface area contributed by atoms with Gasteiger partial charge in [0.25, 0.3) is 5.56 Å². The summed E-state index contributed by atoms with van der Waals surface area (Å²) in [6.07, 6.45) is 3.35. The van der Waals surface area contributed by atoms with Gasteiger partial charge >= 0.3 is 5.69 Å². The Labute approximate surface area is 85.5 Å². The Balaban J connectivity index is 2.22. The van der Waals surface area contributed by atoms with Crippen molar-refractivity contribution in [3.63, 3.8) is 0 Å². The van der Waals surface area contributed by atoms with Crippen molar-refractivity contribution < 1.29 is 0 Å². The normalized spacial score (nSPS) is 15.8. The van der Waals surface area contributed by atoms with E-state index in [2.05, 4.69) is 4.98 Å². The molecule has 0 amide bonds. The summed E-state index contributed by atoms with van der Waals surface area (Å²) in [6.45, 7) is 0.496. The van der Waals surface area contributed by atoms with Gasteiger partial charge in [0.05, 0.1) is 0 Å². The maximum absolute atomic E-state index is 11.4. The Kier molecular flexibility index (Phi) is 2.46. The number of rotatable bonds is 3. The molecular formula is C9H11ClN2O2. The molecule has 0 bridgehead atoms. The number of nitrogens with zero attached hydrogens (tertiary/aromatic N) is 1. The van der Waals surface area contributed by atoms with Crippen LogP contribution in [0.25, 0.3) is 0 Å². The SMILES string of the molecule is O=c1cc(Cl)[nH]c(=O)n1CCC1CC1. The van der Waals surface area contributed by atoms with Crippen LogP contribution in [-0.4, -0.2) is 9.55 Å². The molecule has 14 heavy (non-hydrogen) atoms. The summed E-state index contributed by atoms with van der Waals surface area (Å²) in [7, 11) is 0. The highest BCUT2D eigenvalue weighted by Gasteiger charge is 2.21. The van der Waals surface area contributed by atoms with Crippen LogP contribution in [0.15, 0.2) is 15.7 Å². The first-order chi connectivity index (χ1) is 6.66. The van der Waals surface area contributed by atoms with Crippen LogP contribution in [-0.2, 0) is 6.54 Å². The van der Waals surface area contributed by atoms with Crippen molar-refractivity contribution in [2.75, 3.05) is 0 Å². The summed E-state index contributed by atoms with van der Waals surface area (Å²) in [5.41, 5.74) is -0.734. The van der Waals surface area contributed by atoms with Gasteiger partial charge in [-0.2, -0.15) is 0 Å². The number of hydrogen-bond acceptors (Lipinski definition) is 2. The molecule has 0 aromatic carbocycles. The Morgan fingerprint density at radius 1 is 1.50 bits per heavy atom. The van der Waals surface area contributed by atoms with Crippen molar-refractivity contribution in [1.29, 1.82) is 0 Å². The van der Waals surface area contributed by atoms with E-state index in [9.17, 15) is 9.59 Å². The monoisotopic (exact) mass is 214 g/mol. The number of halogens is 1. The summed E-state index contributed by atoms with van der Waals surface area (Å²) >= 11 is 5.53. The van der Waals surface area contributed by atoms with Gasteiger partial charge in [-0.05, 0) is 12.3 Å². The Bertz CT molecular complexity index is 414. The molecule has 1 fully saturated rings. The molecule has 1 aromatic heterocycles. The molecule has 1 saturated carbocycles. The summed E-state index contributed by atoms with van der Waals surface area (Å²) in [4.78, 5) is 25.1. The average Bonchev–Trinajstić information content (AvgIpc) is 2.85. The predicted molar refractivity (Wildman–Crippen MR) is 53.7 cm³/mol. The fourth-order valence-electron chi connectivity index (χ4n) is 1.42. The van der Waals surface area contributed by atoms with E-state index in [0.717, 1.165) is 6.42 Å². The summed E-state index contributed by atoms with van der Waals surface area (Å²) < 4.78 is 1.20. The van der Waals surface area contributed by atoms with Gasteiger partial charge in [0.15, 0.2) is 0 Å². The molecule has 0 spiro atoms. The fourth-order valence-corrected chi connectivity index (χ4v) is 1.60. The Hall–Kier alpha value is -1.03. The molecule has 1 aliphatic rings. The first-order valence-electron chi connectivity index (χ1n) is 4.66. The molecule has 5 heteroatoms. The molecular weight excluding hydrogens is 204 g/mol. The van der Waals surface area contributed by atoms with Gasteiger partial charge in [-0.25, -0.2) is 4.79 Å². The highest BCUT2D eigenvalue weighted by atomic mass is 35.5. The zero-order valence-electron chi connectivity index (χ0n) is 7.62. The number of aromatic amines is 1. The van der Waals surface area contributed by atoms with Gasteiger partial charge in [-0.1, -0.05) is 24.4 Å². The summed E-state index contributed by atoms with van der Waals surface area (Å²) in [5, 5.41) is 0.0997. The molecule has 76 valence electrons. The maximum atomic E-state index is 11.4. The molecule has 0 atom stereocenters. The molecule has 0 saturated heterocycles. The van der Waals surface area contributed by atoms with Gasteiger partial charge in [-0.3, -0.25) is 14.3 Å². The summed E-state index contributed by atoms with van der Waals surface area (Å²) in [5.74, 6) is 0.706. The number of nitrogens with one attached hydrogen (secondary N) is 1. The van der Waals surface area contributed by atoms with Crippen molar-refractivity contribution >= 4 is 11.6 Å².